The molecule has 0 amide bonds. The first-order valence-electron chi connectivity index (χ1n) is 7.45. The fourth-order valence-corrected chi connectivity index (χ4v) is 3.44. The number of piperidine rings is 1. The molecular weight excluding hydrogens is 236 g/mol. The Morgan fingerprint density at radius 2 is 1.74 bits per heavy atom. The molecule has 0 aliphatic carbocycles. The SMILES string of the molecule is CCc1cnc(N2CCC3(CCN(C)C3)CC2)nc1. The van der Waals surface area contributed by atoms with Crippen molar-refractivity contribution in [2.45, 2.75) is 32.6 Å². The van der Waals surface area contributed by atoms with Gasteiger partial charge in [-0.2, -0.15) is 0 Å². The third-order valence-corrected chi connectivity index (χ3v) is 4.84. The molecule has 1 spiro atoms. The van der Waals surface area contributed by atoms with Crippen LogP contribution in [0.1, 0.15) is 31.7 Å². The van der Waals surface area contributed by atoms with Crippen molar-refractivity contribution in [1.29, 1.82) is 0 Å². The molecule has 2 aliphatic heterocycles. The van der Waals surface area contributed by atoms with Crippen molar-refractivity contribution in [3.05, 3.63) is 18.0 Å². The van der Waals surface area contributed by atoms with E-state index in [-0.39, 0.29) is 0 Å². The summed E-state index contributed by atoms with van der Waals surface area (Å²) < 4.78 is 0. The minimum atomic E-state index is 0.578. The Morgan fingerprint density at radius 1 is 1.11 bits per heavy atom. The highest BCUT2D eigenvalue weighted by Crippen LogP contribution is 2.40. The highest BCUT2D eigenvalue weighted by atomic mass is 15.3. The van der Waals surface area contributed by atoms with Gasteiger partial charge in [-0.25, -0.2) is 9.97 Å². The lowest BCUT2D eigenvalue weighted by atomic mass is 9.78. The van der Waals surface area contributed by atoms with E-state index in [2.05, 4.69) is 33.7 Å². The van der Waals surface area contributed by atoms with E-state index in [1.807, 2.05) is 12.4 Å². The molecular formula is C15H24N4. The number of likely N-dealkylation sites (tertiary alicyclic amines) is 1. The van der Waals surface area contributed by atoms with Gasteiger partial charge in [0.25, 0.3) is 0 Å². The Labute approximate surface area is 115 Å². The minimum Gasteiger partial charge on any atom is -0.341 e. The molecule has 0 radical (unpaired) electrons. The van der Waals surface area contributed by atoms with Crippen LogP contribution in [0.3, 0.4) is 0 Å². The summed E-state index contributed by atoms with van der Waals surface area (Å²) in [6.07, 6.45) is 8.89. The van der Waals surface area contributed by atoms with Crippen LogP contribution in [0.2, 0.25) is 0 Å². The molecule has 0 atom stereocenters. The number of aromatic nitrogens is 2. The first-order valence-corrected chi connectivity index (χ1v) is 7.45. The van der Waals surface area contributed by atoms with Gasteiger partial charge < -0.3 is 9.80 Å². The smallest absolute Gasteiger partial charge is 0.225 e. The van der Waals surface area contributed by atoms with Gasteiger partial charge in [-0.1, -0.05) is 6.92 Å². The molecule has 4 nitrogen and oxygen atoms in total. The van der Waals surface area contributed by atoms with Gasteiger partial charge in [-0.05, 0) is 50.3 Å². The monoisotopic (exact) mass is 260 g/mol. The van der Waals surface area contributed by atoms with Gasteiger partial charge in [-0.15, -0.1) is 0 Å². The van der Waals surface area contributed by atoms with Gasteiger partial charge in [0.15, 0.2) is 0 Å². The minimum absolute atomic E-state index is 0.578. The molecule has 0 unspecified atom stereocenters. The largest absolute Gasteiger partial charge is 0.341 e. The lowest BCUT2D eigenvalue weighted by Gasteiger charge is -2.39. The van der Waals surface area contributed by atoms with Crippen LogP contribution in [0.5, 0.6) is 0 Å². The van der Waals surface area contributed by atoms with Gasteiger partial charge in [0.2, 0.25) is 5.95 Å². The first kappa shape index (κ1) is 12.9. The maximum absolute atomic E-state index is 4.51. The summed E-state index contributed by atoms with van der Waals surface area (Å²) in [7, 11) is 2.24. The maximum Gasteiger partial charge on any atom is 0.225 e. The van der Waals surface area contributed by atoms with E-state index in [1.54, 1.807) is 0 Å². The van der Waals surface area contributed by atoms with E-state index in [0.29, 0.717) is 5.41 Å². The molecule has 19 heavy (non-hydrogen) atoms. The van der Waals surface area contributed by atoms with Gasteiger partial charge in [-0.3, -0.25) is 0 Å². The Morgan fingerprint density at radius 3 is 2.26 bits per heavy atom. The van der Waals surface area contributed by atoms with Crippen LogP contribution in [0.4, 0.5) is 5.95 Å². The highest BCUT2D eigenvalue weighted by Gasteiger charge is 2.39. The van der Waals surface area contributed by atoms with Crippen LogP contribution in [0.15, 0.2) is 12.4 Å². The summed E-state index contributed by atoms with van der Waals surface area (Å²) in [5, 5.41) is 0. The summed E-state index contributed by atoms with van der Waals surface area (Å²) in [6, 6.07) is 0. The summed E-state index contributed by atoms with van der Waals surface area (Å²) in [5.74, 6) is 0.915. The Kier molecular flexibility index (Phi) is 3.44. The molecule has 104 valence electrons. The Bertz CT molecular complexity index is 420. The van der Waals surface area contributed by atoms with Crippen molar-refractivity contribution in [2.24, 2.45) is 5.41 Å². The molecule has 0 saturated carbocycles. The Hall–Kier alpha value is -1.16. The van der Waals surface area contributed by atoms with Crippen molar-refractivity contribution in [3.63, 3.8) is 0 Å². The van der Waals surface area contributed by atoms with E-state index in [0.717, 1.165) is 25.5 Å². The van der Waals surface area contributed by atoms with Crippen LogP contribution < -0.4 is 4.90 Å². The second-order valence-corrected chi connectivity index (χ2v) is 6.22. The second-order valence-electron chi connectivity index (χ2n) is 6.22. The molecule has 0 bridgehead atoms. The van der Waals surface area contributed by atoms with Crippen LogP contribution in [-0.2, 0) is 6.42 Å². The molecule has 0 aromatic carbocycles. The van der Waals surface area contributed by atoms with Crippen LogP contribution in [0.25, 0.3) is 0 Å². The summed E-state index contributed by atoms with van der Waals surface area (Å²) in [5.41, 5.74) is 1.80. The predicted molar refractivity (Wildman–Crippen MR) is 77.4 cm³/mol. The van der Waals surface area contributed by atoms with Crippen molar-refractivity contribution in [3.8, 4) is 0 Å². The zero-order valence-corrected chi connectivity index (χ0v) is 12.1. The molecule has 0 N–H and O–H groups in total. The van der Waals surface area contributed by atoms with Crippen LogP contribution in [0, 0.1) is 5.41 Å². The van der Waals surface area contributed by atoms with Gasteiger partial charge >= 0.3 is 0 Å². The predicted octanol–water partition coefficient (Wildman–Crippen LogP) is 1.96. The number of hydrogen-bond donors (Lipinski definition) is 0. The molecule has 4 heteroatoms. The zero-order valence-electron chi connectivity index (χ0n) is 12.1. The van der Waals surface area contributed by atoms with E-state index in [1.165, 1.54) is 37.9 Å². The number of hydrogen-bond acceptors (Lipinski definition) is 4. The normalized spacial score (nSPS) is 23.2. The molecule has 2 saturated heterocycles. The molecule has 1 aromatic rings. The summed E-state index contributed by atoms with van der Waals surface area (Å²) in [4.78, 5) is 13.8. The lowest BCUT2D eigenvalue weighted by Crippen LogP contribution is -2.42. The zero-order chi connectivity index (χ0) is 13.3. The quantitative estimate of drug-likeness (QED) is 0.813. The third-order valence-electron chi connectivity index (χ3n) is 4.84. The second kappa shape index (κ2) is 5.08. The third kappa shape index (κ3) is 2.59. The first-order chi connectivity index (χ1) is 9.21. The van der Waals surface area contributed by atoms with Gasteiger partial charge in [0.1, 0.15) is 0 Å². The van der Waals surface area contributed by atoms with E-state index in [9.17, 15) is 0 Å². The van der Waals surface area contributed by atoms with Crippen molar-refractivity contribution in [2.75, 3.05) is 38.1 Å². The summed E-state index contributed by atoms with van der Waals surface area (Å²) in [6.45, 7) is 6.90. The number of nitrogens with zero attached hydrogens (tertiary/aromatic N) is 4. The van der Waals surface area contributed by atoms with Gasteiger partial charge in [0.05, 0.1) is 0 Å². The van der Waals surface area contributed by atoms with Crippen LogP contribution >= 0.6 is 0 Å². The van der Waals surface area contributed by atoms with E-state index in [4.69, 9.17) is 0 Å². The molecule has 3 rings (SSSR count). The average molecular weight is 260 g/mol. The van der Waals surface area contributed by atoms with E-state index < -0.39 is 0 Å². The molecule has 3 heterocycles. The van der Waals surface area contributed by atoms with Gasteiger partial charge in [0, 0.05) is 32.0 Å². The molecule has 1 aromatic heterocycles. The molecule has 2 aliphatic rings. The van der Waals surface area contributed by atoms with Crippen molar-refractivity contribution >= 4 is 5.95 Å². The Balaban J connectivity index is 1.63. The number of aryl methyl sites for hydroxylation is 1. The van der Waals surface area contributed by atoms with Crippen molar-refractivity contribution in [1.82, 2.24) is 14.9 Å². The number of anilines is 1. The maximum atomic E-state index is 4.51. The highest BCUT2D eigenvalue weighted by molar-refractivity contribution is 5.31. The lowest BCUT2D eigenvalue weighted by molar-refractivity contribution is 0.221. The molecule has 2 fully saturated rings. The number of rotatable bonds is 2. The fraction of sp³-hybridized carbons (Fsp3) is 0.733. The van der Waals surface area contributed by atoms with E-state index >= 15 is 0 Å². The van der Waals surface area contributed by atoms with Crippen molar-refractivity contribution < 1.29 is 0 Å². The topological polar surface area (TPSA) is 32.3 Å². The van der Waals surface area contributed by atoms with Crippen LogP contribution in [-0.4, -0.2) is 48.1 Å². The standard InChI is InChI=1S/C15H24N4/c1-3-13-10-16-14(17-11-13)19-8-5-15(6-9-19)4-7-18(2)12-15/h10-11H,3-9,12H2,1-2H3. The average Bonchev–Trinajstić information content (AvgIpc) is 2.81. The fourth-order valence-electron chi connectivity index (χ4n) is 3.44. The summed E-state index contributed by atoms with van der Waals surface area (Å²) >= 11 is 0.